The number of para-hydroxylation sites is 1. The van der Waals surface area contributed by atoms with E-state index < -0.39 is 5.97 Å². The number of fused-ring (bicyclic) bond motifs is 1. The van der Waals surface area contributed by atoms with Crippen molar-refractivity contribution in [1.29, 1.82) is 0 Å². The van der Waals surface area contributed by atoms with Crippen LogP contribution in [-0.2, 0) is 13.1 Å². The third kappa shape index (κ3) is 2.28. The van der Waals surface area contributed by atoms with E-state index in [2.05, 4.69) is 10.5 Å². The number of benzene rings is 1. The number of carbonyl (C=O) groups is 1. The number of hydrogen-bond donors (Lipinski definition) is 2. The predicted molar refractivity (Wildman–Crippen MR) is 70.2 cm³/mol. The van der Waals surface area contributed by atoms with Crippen LogP contribution in [0.15, 0.2) is 45.5 Å². The highest BCUT2D eigenvalue weighted by Crippen LogP contribution is 2.25. The Bertz CT molecular complexity index is 731. The summed E-state index contributed by atoms with van der Waals surface area (Å²) >= 11 is 0. The van der Waals surface area contributed by atoms with Crippen LogP contribution < -0.4 is 5.32 Å². The highest BCUT2D eigenvalue weighted by atomic mass is 16.5. The lowest BCUT2D eigenvalue weighted by atomic mass is 10.1. The molecule has 0 spiro atoms. The normalized spacial score (nSPS) is 11.0. The molecule has 0 fully saturated rings. The summed E-state index contributed by atoms with van der Waals surface area (Å²) in [6.45, 7) is 0.787. The molecule has 0 saturated heterocycles. The first-order valence-electron chi connectivity index (χ1n) is 6.09. The van der Waals surface area contributed by atoms with Gasteiger partial charge in [-0.05, 0) is 6.07 Å². The molecule has 2 aromatic heterocycles. The van der Waals surface area contributed by atoms with E-state index in [0.29, 0.717) is 29.8 Å². The second-order valence-electron chi connectivity index (χ2n) is 4.30. The number of nitrogens with zero attached hydrogens (tertiary/aromatic N) is 1. The van der Waals surface area contributed by atoms with Crippen LogP contribution in [0, 0.1) is 0 Å². The maximum Gasteiger partial charge on any atom is 0.339 e. The van der Waals surface area contributed by atoms with Crippen molar-refractivity contribution < 1.29 is 18.8 Å². The first-order chi connectivity index (χ1) is 9.75. The lowest BCUT2D eigenvalue weighted by molar-refractivity contribution is 0.0696. The Kier molecular flexibility index (Phi) is 3.22. The van der Waals surface area contributed by atoms with Gasteiger partial charge in [-0.25, -0.2) is 4.79 Å². The second kappa shape index (κ2) is 5.18. The van der Waals surface area contributed by atoms with Gasteiger partial charge < -0.3 is 19.4 Å². The molecule has 3 aromatic rings. The summed E-state index contributed by atoms with van der Waals surface area (Å²) in [6, 6.07) is 8.83. The summed E-state index contributed by atoms with van der Waals surface area (Å²) in [5.41, 5.74) is 1.52. The van der Waals surface area contributed by atoms with Gasteiger partial charge in [0.05, 0.1) is 12.2 Å². The molecule has 2 heterocycles. The molecule has 0 unspecified atom stereocenters. The molecule has 0 aliphatic heterocycles. The lowest BCUT2D eigenvalue weighted by Crippen LogP contribution is -2.14. The second-order valence-corrected chi connectivity index (χ2v) is 4.30. The molecule has 0 radical (unpaired) electrons. The SMILES string of the molecule is O=C(O)c1c(CNCc2ccon2)oc2ccccc12. The molecule has 0 atom stereocenters. The molecule has 0 aliphatic rings. The van der Waals surface area contributed by atoms with Crippen LogP contribution in [0.1, 0.15) is 21.8 Å². The summed E-state index contributed by atoms with van der Waals surface area (Å²) in [6.07, 6.45) is 1.49. The van der Waals surface area contributed by atoms with Crippen LogP contribution in [0.2, 0.25) is 0 Å². The zero-order chi connectivity index (χ0) is 13.9. The van der Waals surface area contributed by atoms with E-state index in [4.69, 9.17) is 8.94 Å². The van der Waals surface area contributed by atoms with Crippen molar-refractivity contribution in [2.75, 3.05) is 0 Å². The summed E-state index contributed by atoms with van der Waals surface area (Å²) in [5.74, 6) is -0.588. The third-order valence-electron chi connectivity index (χ3n) is 2.97. The monoisotopic (exact) mass is 272 g/mol. The van der Waals surface area contributed by atoms with E-state index in [-0.39, 0.29) is 5.56 Å². The Morgan fingerprint density at radius 3 is 2.85 bits per heavy atom. The first kappa shape index (κ1) is 12.4. The number of furan rings is 1. The van der Waals surface area contributed by atoms with Crippen molar-refractivity contribution in [2.24, 2.45) is 0 Å². The average Bonchev–Trinajstić information content (AvgIpc) is 3.05. The van der Waals surface area contributed by atoms with Crippen LogP contribution >= 0.6 is 0 Å². The van der Waals surface area contributed by atoms with Crippen molar-refractivity contribution in [3.05, 3.63) is 53.6 Å². The van der Waals surface area contributed by atoms with Gasteiger partial charge in [-0.2, -0.15) is 0 Å². The van der Waals surface area contributed by atoms with E-state index in [0.717, 1.165) is 5.69 Å². The van der Waals surface area contributed by atoms with Gasteiger partial charge >= 0.3 is 5.97 Å². The maximum absolute atomic E-state index is 11.4. The Morgan fingerprint density at radius 2 is 2.10 bits per heavy atom. The van der Waals surface area contributed by atoms with Crippen LogP contribution in [-0.4, -0.2) is 16.2 Å². The molecule has 3 rings (SSSR count). The quantitative estimate of drug-likeness (QED) is 0.741. The molecule has 0 bridgehead atoms. The molecule has 20 heavy (non-hydrogen) atoms. The number of aromatic carboxylic acids is 1. The minimum atomic E-state index is -0.992. The van der Waals surface area contributed by atoms with E-state index in [1.54, 1.807) is 24.3 Å². The molecule has 0 aliphatic carbocycles. The number of carboxylic acids is 1. The Balaban J connectivity index is 1.83. The fourth-order valence-electron chi connectivity index (χ4n) is 2.09. The lowest BCUT2D eigenvalue weighted by Gasteiger charge is -2.00. The number of carboxylic acid groups (broad SMARTS) is 1. The summed E-state index contributed by atoms with van der Waals surface area (Å²) < 4.78 is 10.3. The fourth-order valence-corrected chi connectivity index (χ4v) is 2.09. The highest BCUT2D eigenvalue weighted by Gasteiger charge is 2.19. The molecule has 0 saturated carbocycles. The van der Waals surface area contributed by atoms with Crippen LogP contribution in [0.25, 0.3) is 11.0 Å². The molecule has 1 aromatic carbocycles. The summed E-state index contributed by atoms with van der Waals surface area (Å²) in [4.78, 5) is 11.4. The molecule has 6 heteroatoms. The predicted octanol–water partition coefficient (Wildman–Crippen LogP) is 2.41. The largest absolute Gasteiger partial charge is 0.478 e. The van der Waals surface area contributed by atoms with Crippen LogP contribution in [0.4, 0.5) is 0 Å². The maximum atomic E-state index is 11.4. The fraction of sp³-hybridized carbons (Fsp3) is 0.143. The molecular weight excluding hydrogens is 260 g/mol. The number of rotatable bonds is 5. The van der Waals surface area contributed by atoms with Crippen molar-refractivity contribution in [3.8, 4) is 0 Å². The van der Waals surface area contributed by atoms with Gasteiger partial charge in [0.25, 0.3) is 0 Å². The summed E-state index contributed by atoms with van der Waals surface area (Å²) in [7, 11) is 0. The third-order valence-corrected chi connectivity index (χ3v) is 2.97. The van der Waals surface area contributed by atoms with Gasteiger partial charge in [0.1, 0.15) is 23.2 Å². The minimum absolute atomic E-state index is 0.202. The minimum Gasteiger partial charge on any atom is -0.478 e. The van der Waals surface area contributed by atoms with Gasteiger partial charge in [0.2, 0.25) is 0 Å². The average molecular weight is 272 g/mol. The Morgan fingerprint density at radius 1 is 1.25 bits per heavy atom. The zero-order valence-corrected chi connectivity index (χ0v) is 10.5. The van der Waals surface area contributed by atoms with Crippen LogP contribution in [0.3, 0.4) is 0 Å². The van der Waals surface area contributed by atoms with Crippen LogP contribution in [0.5, 0.6) is 0 Å². The van der Waals surface area contributed by atoms with E-state index in [1.165, 1.54) is 6.26 Å². The number of aromatic nitrogens is 1. The van der Waals surface area contributed by atoms with E-state index in [9.17, 15) is 9.90 Å². The van der Waals surface area contributed by atoms with Crippen molar-refractivity contribution in [1.82, 2.24) is 10.5 Å². The van der Waals surface area contributed by atoms with Gasteiger partial charge in [-0.1, -0.05) is 23.4 Å². The number of hydrogen-bond acceptors (Lipinski definition) is 5. The first-order valence-corrected chi connectivity index (χ1v) is 6.09. The highest BCUT2D eigenvalue weighted by molar-refractivity contribution is 6.03. The molecule has 102 valence electrons. The van der Waals surface area contributed by atoms with Gasteiger partial charge in [0, 0.05) is 18.0 Å². The summed E-state index contributed by atoms with van der Waals surface area (Å²) in [5, 5.41) is 16.8. The Hall–Kier alpha value is -2.60. The van der Waals surface area contributed by atoms with E-state index in [1.807, 2.05) is 6.07 Å². The molecular formula is C14H12N2O4. The van der Waals surface area contributed by atoms with Crippen molar-refractivity contribution in [2.45, 2.75) is 13.1 Å². The smallest absolute Gasteiger partial charge is 0.339 e. The number of nitrogens with one attached hydrogen (secondary N) is 1. The molecule has 2 N–H and O–H groups in total. The van der Waals surface area contributed by atoms with Crippen molar-refractivity contribution in [3.63, 3.8) is 0 Å². The topological polar surface area (TPSA) is 88.5 Å². The van der Waals surface area contributed by atoms with E-state index >= 15 is 0 Å². The Labute approximate surface area is 114 Å². The van der Waals surface area contributed by atoms with Gasteiger partial charge in [-0.15, -0.1) is 0 Å². The van der Waals surface area contributed by atoms with Gasteiger partial charge in [-0.3, -0.25) is 0 Å². The van der Waals surface area contributed by atoms with Crippen molar-refractivity contribution >= 4 is 16.9 Å². The van der Waals surface area contributed by atoms with Gasteiger partial charge in [0.15, 0.2) is 0 Å². The standard InChI is InChI=1S/C14H12N2O4/c17-14(18)13-10-3-1-2-4-11(10)20-12(13)8-15-7-9-5-6-19-16-9/h1-6,15H,7-8H2,(H,17,18). The zero-order valence-electron chi connectivity index (χ0n) is 10.5. The molecule has 0 amide bonds. The molecule has 6 nitrogen and oxygen atoms in total.